The van der Waals surface area contributed by atoms with Crippen LogP contribution in [0, 0.1) is 5.92 Å². The Bertz CT molecular complexity index is 301. The Morgan fingerprint density at radius 3 is 2.68 bits per heavy atom. The third-order valence-corrected chi connectivity index (χ3v) is 4.87. The van der Waals surface area contributed by atoms with Crippen molar-refractivity contribution in [3.63, 3.8) is 0 Å². The Kier molecular flexibility index (Phi) is 5.07. The van der Waals surface area contributed by atoms with Gasteiger partial charge < -0.3 is 10.2 Å². The molecule has 1 aliphatic carbocycles. The standard InChI is InChI=1S/C14H24F2N2.ClH/c15-14(16)6-1-2-11(8-14)9-18-7-5-12-3-4-13(10-18)17-12;/h11-13,17H,1-10H2;1H. The lowest BCUT2D eigenvalue weighted by molar-refractivity contribution is -0.0569. The maximum atomic E-state index is 13.4. The first-order valence-electron chi connectivity index (χ1n) is 7.47. The number of hydrogen-bond acceptors (Lipinski definition) is 2. The molecule has 19 heavy (non-hydrogen) atoms. The van der Waals surface area contributed by atoms with Gasteiger partial charge >= 0.3 is 0 Å². The number of hydrogen-bond donors (Lipinski definition) is 1. The lowest BCUT2D eigenvalue weighted by atomic mass is 9.86. The number of halogens is 3. The molecule has 1 N–H and O–H groups in total. The van der Waals surface area contributed by atoms with Crippen LogP contribution in [0.25, 0.3) is 0 Å². The van der Waals surface area contributed by atoms with E-state index in [1.54, 1.807) is 0 Å². The first kappa shape index (κ1) is 15.5. The molecule has 3 atom stereocenters. The summed E-state index contributed by atoms with van der Waals surface area (Å²) in [4.78, 5) is 2.43. The fraction of sp³-hybridized carbons (Fsp3) is 1.00. The highest BCUT2D eigenvalue weighted by atomic mass is 35.5. The van der Waals surface area contributed by atoms with E-state index in [9.17, 15) is 8.78 Å². The molecule has 0 aromatic carbocycles. The Morgan fingerprint density at radius 1 is 1.11 bits per heavy atom. The summed E-state index contributed by atoms with van der Waals surface area (Å²) in [6.07, 6.45) is 5.69. The van der Waals surface area contributed by atoms with Crippen LogP contribution in [0.5, 0.6) is 0 Å². The maximum Gasteiger partial charge on any atom is 0.248 e. The molecule has 2 heterocycles. The minimum absolute atomic E-state index is 0. The lowest BCUT2D eigenvalue weighted by Crippen LogP contribution is -2.40. The van der Waals surface area contributed by atoms with Gasteiger partial charge in [-0.3, -0.25) is 0 Å². The summed E-state index contributed by atoms with van der Waals surface area (Å²) < 4.78 is 26.8. The molecular weight excluding hydrogens is 270 g/mol. The fourth-order valence-electron chi connectivity index (χ4n) is 3.98. The minimum Gasteiger partial charge on any atom is -0.310 e. The van der Waals surface area contributed by atoms with Gasteiger partial charge in [-0.1, -0.05) is 0 Å². The molecule has 2 aliphatic heterocycles. The smallest absolute Gasteiger partial charge is 0.248 e. The molecule has 1 saturated carbocycles. The lowest BCUT2D eigenvalue weighted by Gasteiger charge is -2.33. The van der Waals surface area contributed by atoms with Gasteiger partial charge in [-0.25, -0.2) is 8.78 Å². The molecule has 3 rings (SSSR count). The van der Waals surface area contributed by atoms with Gasteiger partial charge in [-0.2, -0.15) is 0 Å². The number of alkyl halides is 2. The summed E-state index contributed by atoms with van der Waals surface area (Å²) in [5, 5.41) is 3.65. The van der Waals surface area contributed by atoms with Crippen molar-refractivity contribution in [2.75, 3.05) is 19.6 Å². The van der Waals surface area contributed by atoms with Gasteiger partial charge in [0.15, 0.2) is 0 Å². The van der Waals surface area contributed by atoms with E-state index >= 15 is 0 Å². The Balaban J connectivity index is 0.00000133. The van der Waals surface area contributed by atoms with Crippen LogP contribution in [0.4, 0.5) is 8.78 Å². The van der Waals surface area contributed by atoms with Crippen LogP contribution in [0.15, 0.2) is 0 Å². The van der Waals surface area contributed by atoms with E-state index in [0.717, 1.165) is 26.1 Å². The molecule has 2 saturated heterocycles. The number of nitrogens with one attached hydrogen (secondary N) is 1. The second-order valence-corrected chi connectivity index (χ2v) is 6.50. The van der Waals surface area contributed by atoms with Gasteiger partial charge in [-0.15, -0.1) is 12.4 Å². The summed E-state index contributed by atoms with van der Waals surface area (Å²) in [7, 11) is 0. The zero-order valence-electron chi connectivity index (χ0n) is 11.4. The van der Waals surface area contributed by atoms with E-state index < -0.39 is 5.92 Å². The average Bonchev–Trinajstić information content (AvgIpc) is 2.61. The normalized spacial score (nSPS) is 38.5. The Hall–Kier alpha value is 0.0700. The number of fused-ring (bicyclic) bond motifs is 2. The van der Waals surface area contributed by atoms with E-state index in [4.69, 9.17) is 0 Å². The predicted molar refractivity (Wildman–Crippen MR) is 75.2 cm³/mol. The second kappa shape index (κ2) is 6.23. The van der Waals surface area contributed by atoms with Crippen LogP contribution in [0.3, 0.4) is 0 Å². The molecule has 3 aliphatic rings. The largest absolute Gasteiger partial charge is 0.310 e. The Morgan fingerprint density at radius 2 is 1.89 bits per heavy atom. The minimum atomic E-state index is -2.40. The molecule has 3 unspecified atom stereocenters. The van der Waals surface area contributed by atoms with E-state index in [1.807, 2.05) is 0 Å². The van der Waals surface area contributed by atoms with Crippen molar-refractivity contribution in [1.82, 2.24) is 10.2 Å². The van der Waals surface area contributed by atoms with Crippen LogP contribution in [-0.2, 0) is 0 Å². The average molecular weight is 295 g/mol. The van der Waals surface area contributed by atoms with Crippen LogP contribution in [0.1, 0.15) is 44.9 Å². The van der Waals surface area contributed by atoms with Crippen molar-refractivity contribution < 1.29 is 8.78 Å². The molecule has 2 bridgehead atoms. The summed E-state index contributed by atoms with van der Waals surface area (Å²) in [5.74, 6) is -2.18. The third kappa shape index (κ3) is 4.02. The molecule has 0 radical (unpaired) electrons. The first-order valence-corrected chi connectivity index (χ1v) is 7.47. The van der Waals surface area contributed by atoms with Crippen LogP contribution >= 0.6 is 12.4 Å². The number of nitrogens with zero attached hydrogens (tertiary/aromatic N) is 1. The van der Waals surface area contributed by atoms with E-state index in [-0.39, 0.29) is 31.2 Å². The van der Waals surface area contributed by atoms with Gasteiger partial charge in [0.05, 0.1) is 0 Å². The molecule has 0 amide bonds. The van der Waals surface area contributed by atoms with Crippen molar-refractivity contribution in [3.05, 3.63) is 0 Å². The number of likely N-dealkylation sites (tertiary alicyclic amines) is 1. The summed E-state index contributed by atoms with van der Waals surface area (Å²) in [6, 6.07) is 1.30. The van der Waals surface area contributed by atoms with Crippen LogP contribution in [-0.4, -0.2) is 42.5 Å². The Labute approximate surface area is 120 Å². The van der Waals surface area contributed by atoms with Crippen LogP contribution in [0.2, 0.25) is 0 Å². The quantitative estimate of drug-likeness (QED) is 0.842. The SMILES string of the molecule is Cl.FC1(F)CCCC(CN2CCC3CCC(C2)N3)C1. The van der Waals surface area contributed by atoms with Gasteiger partial charge in [-0.05, 0) is 44.6 Å². The van der Waals surface area contributed by atoms with Crippen molar-refractivity contribution in [3.8, 4) is 0 Å². The molecule has 0 spiro atoms. The topological polar surface area (TPSA) is 15.3 Å². The van der Waals surface area contributed by atoms with Crippen molar-refractivity contribution in [2.45, 2.75) is 63.0 Å². The van der Waals surface area contributed by atoms with Gasteiger partial charge in [0.2, 0.25) is 5.92 Å². The zero-order chi connectivity index (χ0) is 12.6. The van der Waals surface area contributed by atoms with Crippen LogP contribution < -0.4 is 5.32 Å². The molecule has 0 aromatic rings. The summed E-state index contributed by atoms with van der Waals surface area (Å²) >= 11 is 0. The monoisotopic (exact) mass is 294 g/mol. The number of rotatable bonds is 2. The first-order chi connectivity index (χ1) is 8.61. The summed E-state index contributed by atoms with van der Waals surface area (Å²) in [5.41, 5.74) is 0. The van der Waals surface area contributed by atoms with E-state index in [2.05, 4.69) is 10.2 Å². The van der Waals surface area contributed by atoms with Crippen molar-refractivity contribution in [1.29, 1.82) is 0 Å². The third-order valence-electron chi connectivity index (χ3n) is 4.87. The predicted octanol–water partition coefficient (Wildman–Crippen LogP) is 3.06. The molecule has 3 fully saturated rings. The van der Waals surface area contributed by atoms with Gasteiger partial charge in [0.25, 0.3) is 0 Å². The highest BCUT2D eigenvalue weighted by Gasteiger charge is 2.37. The maximum absolute atomic E-state index is 13.4. The second-order valence-electron chi connectivity index (χ2n) is 6.50. The van der Waals surface area contributed by atoms with Gasteiger partial charge in [0, 0.05) is 38.0 Å². The molecule has 5 heteroatoms. The zero-order valence-corrected chi connectivity index (χ0v) is 12.2. The summed E-state index contributed by atoms with van der Waals surface area (Å²) in [6.45, 7) is 3.05. The highest BCUT2D eigenvalue weighted by Crippen LogP contribution is 2.37. The fourth-order valence-corrected chi connectivity index (χ4v) is 3.98. The molecule has 112 valence electrons. The van der Waals surface area contributed by atoms with Crippen molar-refractivity contribution in [2.24, 2.45) is 5.92 Å². The molecular formula is C14H25ClF2N2. The van der Waals surface area contributed by atoms with Gasteiger partial charge in [0.1, 0.15) is 0 Å². The molecule has 0 aromatic heterocycles. The van der Waals surface area contributed by atoms with Crippen molar-refractivity contribution >= 4 is 12.4 Å². The highest BCUT2D eigenvalue weighted by molar-refractivity contribution is 5.85. The van der Waals surface area contributed by atoms with E-state index in [1.165, 1.54) is 19.3 Å². The van der Waals surface area contributed by atoms with E-state index in [0.29, 0.717) is 18.5 Å². The molecule has 2 nitrogen and oxygen atoms in total.